The predicted octanol–water partition coefficient (Wildman–Crippen LogP) is 2.19. The number of carbonyl (C=O) groups excluding carboxylic acids is 1. The topological polar surface area (TPSA) is 101 Å². The van der Waals surface area contributed by atoms with Crippen LogP contribution in [0.2, 0.25) is 0 Å². The molecule has 3 aromatic rings. The van der Waals surface area contributed by atoms with E-state index < -0.39 is 10.0 Å². The normalized spacial score (nSPS) is 15.3. The molecule has 2 heterocycles. The summed E-state index contributed by atoms with van der Waals surface area (Å²) in [6.07, 6.45) is 3.09. The number of aromatic nitrogens is 3. The third-order valence-corrected chi connectivity index (χ3v) is 8.10. The first-order chi connectivity index (χ1) is 16.7. The van der Waals surface area contributed by atoms with Crippen LogP contribution in [0.1, 0.15) is 28.9 Å². The molecule has 11 heteroatoms. The van der Waals surface area contributed by atoms with Gasteiger partial charge in [-0.3, -0.25) is 4.79 Å². The Labute approximate surface area is 205 Å². The van der Waals surface area contributed by atoms with Crippen molar-refractivity contribution in [2.75, 3.05) is 52.3 Å². The highest BCUT2D eigenvalue weighted by molar-refractivity contribution is 7.89. The Morgan fingerprint density at radius 3 is 2.34 bits per heavy atom. The third kappa shape index (κ3) is 5.07. The molecule has 1 atom stereocenters. The third-order valence-electron chi connectivity index (χ3n) is 6.29. The minimum absolute atomic E-state index is 0.0843. The lowest BCUT2D eigenvalue weighted by Crippen LogP contribution is -2.38. The minimum Gasteiger partial charge on any atom is -0.378 e. The molecule has 2 aromatic carbocycles. The van der Waals surface area contributed by atoms with Gasteiger partial charge in [0.25, 0.3) is 5.91 Å². The van der Waals surface area contributed by atoms with Gasteiger partial charge < -0.3 is 14.5 Å². The van der Waals surface area contributed by atoms with Gasteiger partial charge in [-0.25, -0.2) is 22.4 Å². The van der Waals surface area contributed by atoms with Crippen molar-refractivity contribution in [1.82, 2.24) is 24.0 Å². The summed E-state index contributed by atoms with van der Waals surface area (Å²) in [5.41, 5.74) is 2.86. The van der Waals surface area contributed by atoms with Gasteiger partial charge in [0.1, 0.15) is 12.7 Å². The van der Waals surface area contributed by atoms with Gasteiger partial charge >= 0.3 is 0 Å². The van der Waals surface area contributed by atoms with E-state index in [9.17, 15) is 13.2 Å². The standard InChI is InChI=1S/C24H30N6O4S/c1-18(19-5-7-20(8-6-19)30-17-25-16-26-30)28(4)24(31)22-15-21(35(32,33)27(2)3)9-10-23(22)29-11-13-34-14-12-29/h5-10,15-18H,11-14H2,1-4H3/t18-/m0/s1. The molecule has 0 aliphatic carbocycles. The number of morpholine rings is 1. The number of nitrogens with zero attached hydrogens (tertiary/aromatic N) is 6. The average molecular weight is 499 g/mol. The lowest BCUT2D eigenvalue weighted by Gasteiger charge is -2.32. The van der Waals surface area contributed by atoms with E-state index >= 15 is 0 Å². The molecular formula is C24H30N6O4S. The molecule has 0 unspecified atom stereocenters. The van der Waals surface area contributed by atoms with Crippen LogP contribution in [0.3, 0.4) is 0 Å². The molecule has 0 N–H and O–H groups in total. The number of ether oxygens (including phenoxy) is 1. The second-order valence-corrected chi connectivity index (χ2v) is 10.7. The summed E-state index contributed by atoms with van der Waals surface area (Å²) in [7, 11) is 0.984. The maximum atomic E-state index is 13.8. The van der Waals surface area contributed by atoms with Crippen molar-refractivity contribution in [3.8, 4) is 5.69 Å². The summed E-state index contributed by atoms with van der Waals surface area (Å²) in [5, 5.41) is 4.13. The van der Waals surface area contributed by atoms with E-state index in [2.05, 4.69) is 15.0 Å². The van der Waals surface area contributed by atoms with E-state index in [1.54, 1.807) is 35.1 Å². The number of rotatable bonds is 7. The maximum absolute atomic E-state index is 13.8. The van der Waals surface area contributed by atoms with Crippen molar-refractivity contribution in [2.24, 2.45) is 0 Å². The second-order valence-electron chi connectivity index (χ2n) is 8.59. The van der Waals surface area contributed by atoms with Gasteiger partial charge in [0.2, 0.25) is 10.0 Å². The Hall–Kier alpha value is -3.28. The van der Waals surface area contributed by atoms with E-state index in [4.69, 9.17) is 4.74 Å². The number of hydrogen-bond donors (Lipinski definition) is 0. The summed E-state index contributed by atoms with van der Waals surface area (Å²) < 4.78 is 33.9. The monoisotopic (exact) mass is 498 g/mol. The Kier molecular flexibility index (Phi) is 7.20. The van der Waals surface area contributed by atoms with E-state index in [1.165, 1.54) is 26.5 Å². The molecule has 1 amide bonds. The van der Waals surface area contributed by atoms with Crippen LogP contribution in [0, 0.1) is 0 Å². The van der Waals surface area contributed by atoms with Gasteiger partial charge in [0, 0.05) is 39.9 Å². The molecule has 0 radical (unpaired) electrons. The van der Waals surface area contributed by atoms with E-state index in [0.29, 0.717) is 37.6 Å². The van der Waals surface area contributed by atoms with Gasteiger partial charge in [-0.1, -0.05) is 12.1 Å². The highest BCUT2D eigenvalue weighted by Crippen LogP contribution is 2.30. The highest BCUT2D eigenvalue weighted by Gasteiger charge is 2.27. The van der Waals surface area contributed by atoms with Crippen molar-refractivity contribution < 1.29 is 17.9 Å². The zero-order valence-corrected chi connectivity index (χ0v) is 21.1. The molecule has 1 fully saturated rings. The lowest BCUT2D eigenvalue weighted by molar-refractivity contribution is 0.0741. The zero-order valence-electron chi connectivity index (χ0n) is 20.3. The fourth-order valence-corrected chi connectivity index (χ4v) is 4.90. The van der Waals surface area contributed by atoms with E-state index in [0.717, 1.165) is 15.6 Å². The summed E-state index contributed by atoms with van der Waals surface area (Å²) in [6.45, 7) is 4.30. The molecule has 0 bridgehead atoms. The van der Waals surface area contributed by atoms with Crippen LogP contribution in [0.25, 0.3) is 5.69 Å². The summed E-state index contributed by atoms with van der Waals surface area (Å²) >= 11 is 0. The van der Waals surface area contributed by atoms with E-state index in [1.807, 2.05) is 31.2 Å². The van der Waals surface area contributed by atoms with Gasteiger partial charge in [0.15, 0.2) is 0 Å². The van der Waals surface area contributed by atoms with Gasteiger partial charge in [-0.05, 0) is 42.8 Å². The molecule has 1 saturated heterocycles. The Morgan fingerprint density at radius 2 is 1.74 bits per heavy atom. The average Bonchev–Trinajstić information content (AvgIpc) is 3.42. The molecule has 10 nitrogen and oxygen atoms in total. The van der Waals surface area contributed by atoms with Crippen LogP contribution >= 0.6 is 0 Å². The minimum atomic E-state index is -3.70. The van der Waals surface area contributed by atoms with Crippen molar-refractivity contribution in [3.63, 3.8) is 0 Å². The number of carbonyl (C=O) groups is 1. The van der Waals surface area contributed by atoms with Gasteiger partial charge in [-0.15, -0.1) is 0 Å². The second kappa shape index (κ2) is 10.1. The van der Waals surface area contributed by atoms with Crippen LogP contribution < -0.4 is 4.90 Å². The quantitative estimate of drug-likeness (QED) is 0.492. The molecular weight excluding hydrogens is 468 g/mol. The Morgan fingerprint density at radius 1 is 1.06 bits per heavy atom. The number of hydrogen-bond acceptors (Lipinski definition) is 7. The largest absolute Gasteiger partial charge is 0.378 e. The van der Waals surface area contributed by atoms with Crippen LogP contribution in [-0.4, -0.2) is 85.7 Å². The lowest BCUT2D eigenvalue weighted by atomic mass is 10.0. The molecule has 4 rings (SSSR count). The number of sulfonamides is 1. The van der Waals surface area contributed by atoms with Crippen molar-refractivity contribution in [2.45, 2.75) is 17.9 Å². The Balaban J connectivity index is 1.66. The smallest absolute Gasteiger partial charge is 0.256 e. The zero-order chi connectivity index (χ0) is 25.2. The van der Waals surface area contributed by atoms with Gasteiger partial charge in [0.05, 0.1) is 35.4 Å². The summed E-state index contributed by atoms with van der Waals surface area (Å²) in [6, 6.07) is 12.2. The first-order valence-electron chi connectivity index (χ1n) is 11.3. The first-order valence-corrected chi connectivity index (χ1v) is 12.8. The summed E-state index contributed by atoms with van der Waals surface area (Å²) in [4.78, 5) is 21.5. The summed E-state index contributed by atoms with van der Waals surface area (Å²) in [5.74, 6) is -0.254. The number of benzene rings is 2. The number of amides is 1. The molecule has 1 aliphatic heterocycles. The SMILES string of the molecule is C[C@@H](c1ccc(-n2cncn2)cc1)N(C)C(=O)c1cc(S(=O)(=O)N(C)C)ccc1N1CCOCC1. The fourth-order valence-electron chi connectivity index (χ4n) is 3.97. The fraction of sp³-hybridized carbons (Fsp3) is 0.375. The predicted molar refractivity (Wildman–Crippen MR) is 132 cm³/mol. The number of anilines is 1. The van der Waals surface area contributed by atoms with E-state index in [-0.39, 0.29) is 16.8 Å². The molecule has 1 aromatic heterocycles. The maximum Gasteiger partial charge on any atom is 0.256 e. The molecule has 186 valence electrons. The van der Waals surface area contributed by atoms with Gasteiger partial charge in [-0.2, -0.15) is 5.10 Å². The van der Waals surface area contributed by atoms with Crippen LogP contribution in [0.5, 0.6) is 0 Å². The van der Waals surface area contributed by atoms with Crippen LogP contribution in [0.4, 0.5) is 5.69 Å². The first kappa shape index (κ1) is 24.8. The molecule has 1 aliphatic rings. The van der Waals surface area contributed by atoms with Crippen LogP contribution in [0.15, 0.2) is 60.0 Å². The molecule has 0 spiro atoms. The van der Waals surface area contributed by atoms with Crippen LogP contribution in [-0.2, 0) is 14.8 Å². The highest BCUT2D eigenvalue weighted by atomic mass is 32.2. The van der Waals surface area contributed by atoms with Crippen molar-refractivity contribution >= 4 is 21.6 Å². The van der Waals surface area contributed by atoms with Crippen molar-refractivity contribution in [1.29, 1.82) is 0 Å². The molecule has 35 heavy (non-hydrogen) atoms. The Bertz CT molecular complexity index is 1270. The molecule has 0 saturated carbocycles. The van der Waals surface area contributed by atoms with Crippen molar-refractivity contribution in [3.05, 3.63) is 66.2 Å².